The molecule has 0 spiro atoms. The van der Waals surface area contributed by atoms with Crippen molar-refractivity contribution in [1.82, 2.24) is 10.6 Å². The van der Waals surface area contributed by atoms with E-state index in [0.29, 0.717) is 6.42 Å². The van der Waals surface area contributed by atoms with Gasteiger partial charge in [-0.3, -0.25) is 4.79 Å². The van der Waals surface area contributed by atoms with Crippen LogP contribution in [0.1, 0.15) is 33.1 Å². The fraction of sp³-hybridized carbons (Fsp3) is 0.889. The smallest absolute Gasteiger partial charge is 0.221 e. The summed E-state index contributed by atoms with van der Waals surface area (Å²) in [7, 11) is 1.87. The van der Waals surface area contributed by atoms with Gasteiger partial charge in [-0.05, 0) is 20.4 Å². The van der Waals surface area contributed by atoms with Crippen molar-refractivity contribution in [2.45, 2.75) is 39.2 Å². The molecular formula is C9H20N2O. The summed E-state index contributed by atoms with van der Waals surface area (Å²) in [5.41, 5.74) is 0. The van der Waals surface area contributed by atoms with Crippen LogP contribution in [-0.2, 0) is 4.79 Å². The largest absolute Gasteiger partial charge is 0.356 e. The van der Waals surface area contributed by atoms with Gasteiger partial charge in [-0.2, -0.15) is 0 Å². The summed E-state index contributed by atoms with van der Waals surface area (Å²) in [4.78, 5) is 11.1. The third-order valence-corrected chi connectivity index (χ3v) is 1.84. The molecule has 0 heterocycles. The van der Waals surface area contributed by atoms with Gasteiger partial charge in [0.2, 0.25) is 5.91 Å². The molecule has 2 N–H and O–H groups in total. The number of unbranched alkanes of at least 4 members (excludes halogenated alkanes) is 1. The Morgan fingerprint density at radius 3 is 2.67 bits per heavy atom. The van der Waals surface area contributed by atoms with E-state index in [-0.39, 0.29) is 11.9 Å². The van der Waals surface area contributed by atoms with E-state index in [1.165, 1.54) is 0 Å². The maximum atomic E-state index is 11.1. The predicted octanol–water partition coefficient (Wildman–Crippen LogP) is 0.901. The van der Waals surface area contributed by atoms with Crippen molar-refractivity contribution in [3.8, 4) is 0 Å². The molecule has 0 radical (unpaired) electrons. The second kappa shape index (κ2) is 7.10. The molecule has 0 aliphatic rings. The topological polar surface area (TPSA) is 41.1 Å². The molecule has 0 aromatic rings. The van der Waals surface area contributed by atoms with E-state index < -0.39 is 0 Å². The molecule has 0 aliphatic heterocycles. The Morgan fingerprint density at radius 2 is 2.17 bits per heavy atom. The van der Waals surface area contributed by atoms with E-state index in [0.717, 1.165) is 19.4 Å². The number of carbonyl (C=O) groups excluding carboxylic acids is 1. The van der Waals surface area contributed by atoms with Crippen LogP contribution in [0.3, 0.4) is 0 Å². The second-order valence-corrected chi connectivity index (χ2v) is 3.10. The number of nitrogens with one attached hydrogen (secondary N) is 2. The van der Waals surface area contributed by atoms with E-state index in [9.17, 15) is 4.79 Å². The monoisotopic (exact) mass is 172 g/mol. The summed E-state index contributed by atoms with van der Waals surface area (Å²) in [6, 6.07) is 0.270. The van der Waals surface area contributed by atoms with Gasteiger partial charge in [-0.15, -0.1) is 0 Å². The van der Waals surface area contributed by atoms with Crippen molar-refractivity contribution in [2.75, 3.05) is 13.6 Å². The number of carbonyl (C=O) groups is 1. The zero-order chi connectivity index (χ0) is 9.40. The summed E-state index contributed by atoms with van der Waals surface area (Å²) >= 11 is 0. The van der Waals surface area contributed by atoms with E-state index in [2.05, 4.69) is 17.6 Å². The van der Waals surface area contributed by atoms with Crippen LogP contribution in [0, 0.1) is 0 Å². The van der Waals surface area contributed by atoms with Crippen LogP contribution in [0.2, 0.25) is 0 Å². The van der Waals surface area contributed by atoms with Crippen LogP contribution >= 0.6 is 0 Å². The van der Waals surface area contributed by atoms with Gasteiger partial charge in [-0.1, -0.05) is 13.3 Å². The van der Waals surface area contributed by atoms with Gasteiger partial charge in [0.05, 0.1) is 0 Å². The molecule has 0 aromatic carbocycles. The quantitative estimate of drug-likeness (QED) is 0.584. The molecule has 1 unspecified atom stereocenters. The van der Waals surface area contributed by atoms with Crippen molar-refractivity contribution >= 4 is 5.91 Å². The first-order valence-electron chi connectivity index (χ1n) is 4.64. The van der Waals surface area contributed by atoms with E-state index in [4.69, 9.17) is 0 Å². The normalized spacial score (nSPS) is 12.6. The highest BCUT2D eigenvalue weighted by Crippen LogP contribution is 1.89. The van der Waals surface area contributed by atoms with Gasteiger partial charge in [0.15, 0.2) is 0 Å². The molecule has 12 heavy (non-hydrogen) atoms. The Bertz CT molecular complexity index is 126. The summed E-state index contributed by atoms with van der Waals surface area (Å²) in [5.74, 6) is 0.144. The Labute approximate surface area is 74.9 Å². The predicted molar refractivity (Wildman–Crippen MR) is 51.1 cm³/mol. The van der Waals surface area contributed by atoms with Crippen molar-refractivity contribution in [2.24, 2.45) is 0 Å². The highest BCUT2D eigenvalue weighted by atomic mass is 16.1. The first kappa shape index (κ1) is 11.4. The fourth-order valence-corrected chi connectivity index (χ4v) is 0.857. The lowest BCUT2D eigenvalue weighted by atomic mass is 10.2. The molecule has 0 saturated carbocycles. The third kappa shape index (κ3) is 6.16. The minimum absolute atomic E-state index is 0.144. The molecular weight excluding hydrogens is 152 g/mol. The van der Waals surface area contributed by atoms with Crippen LogP contribution in [0.15, 0.2) is 0 Å². The van der Waals surface area contributed by atoms with Crippen molar-refractivity contribution in [3.05, 3.63) is 0 Å². The molecule has 0 fully saturated rings. The first-order chi connectivity index (χ1) is 5.70. The summed E-state index contributed by atoms with van der Waals surface area (Å²) in [6.45, 7) is 4.92. The fourth-order valence-electron chi connectivity index (χ4n) is 0.857. The molecule has 0 saturated heterocycles. The number of hydrogen-bond acceptors (Lipinski definition) is 2. The number of rotatable bonds is 6. The molecule has 0 aliphatic carbocycles. The lowest BCUT2D eigenvalue weighted by molar-refractivity contribution is -0.121. The van der Waals surface area contributed by atoms with Gasteiger partial charge < -0.3 is 10.6 Å². The third-order valence-electron chi connectivity index (χ3n) is 1.84. The van der Waals surface area contributed by atoms with Crippen molar-refractivity contribution in [3.63, 3.8) is 0 Å². The van der Waals surface area contributed by atoms with Gasteiger partial charge in [-0.25, -0.2) is 0 Å². The SMILES string of the molecule is CCCCNC(=O)CC(C)NC. The van der Waals surface area contributed by atoms with E-state index in [1.54, 1.807) is 0 Å². The molecule has 3 nitrogen and oxygen atoms in total. The maximum absolute atomic E-state index is 11.1. The summed E-state index contributed by atoms with van der Waals surface area (Å²) < 4.78 is 0. The average molecular weight is 172 g/mol. The highest BCUT2D eigenvalue weighted by Gasteiger charge is 2.04. The lowest BCUT2D eigenvalue weighted by Crippen LogP contribution is -2.32. The first-order valence-corrected chi connectivity index (χ1v) is 4.64. The Balaban J connectivity index is 3.33. The highest BCUT2D eigenvalue weighted by molar-refractivity contribution is 5.76. The zero-order valence-corrected chi connectivity index (χ0v) is 8.31. The van der Waals surface area contributed by atoms with Gasteiger partial charge in [0.25, 0.3) is 0 Å². The zero-order valence-electron chi connectivity index (χ0n) is 8.31. The van der Waals surface area contributed by atoms with Crippen LogP contribution in [0.25, 0.3) is 0 Å². The molecule has 72 valence electrons. The van der Waals surface area contributed by atoms with Gasteiger partial charge in [0, 0.05) is 19.0 Å². The Kier molecular flexibility index (Phi) is 6.76. The van der Waals surface area contributed by atoms with Gasteiger partial charge in [0.1, 0.15) is 0 Å². The van der Waals surface area contributed by atoms with E-state index >= 15 is 0 Å². The average Bonchev–Trinajstić information content (AvgIpc) is 2.05. The Hall–Kier alpha value is -0.570. The van der Waals surface area contributed by atoms with Crippen molar-refractivity contribution in [1.29, 1.82) is 0 Å². The minimum Gasteiger partial charge on any atom is -0.356 e. The maximum Gasteiger partial charge on any atom is 0.221 e. The van der Waals surface area contributed by atoms with Crippen LogP contribution in [0.4, 0.5) is 0 Å². The van der Waals surface area contributed by atoms with Crippen LogP contribution in [-0.4, -0.2) is 25.5 Å². The molecule has 3 heteroatoms. The summed E-state index contributed by atoms with van der Waals surface area (Å²) in [6.07, 6.45) is 2.77. The molecule has 0 rings (SSSR count). The number of amides is 1. The standard InChI is InChI=1S/C9H20N2O/c1-4-5-6-11-9(12)7-8(2)10-3/h8,10H,4-7H2,1-3H3,(H,11,12). The summed E-state index contributed by atoms with van der Waals surface area (Å²) in [5, 5.41) is 5.90. The second-order valence-electron chi connectivity index (χ2n) is 3.10. The molecule has 0 aromatic heterocycles. The van der Waals surface area contributed by atoms with Crippen LogP contribution in [0.5, 0.6) is 0 Å². The van der Waals surface area contributed by atoms with Gasteiger partial charge >= 0.3 is 0 Å². The lowest BCUT2D eigenvalue weighted by Gasteiger charge is -2.09. The van der Waals surface area contributed by atoms with Crippen LogP contribution < -0.4 is 10.6 Å². The van der Waals surface area contributed by atoms with E-state index in [1.807, 2.05) is 14.0 Å². The number of hydrogen-bond donors (Lipinski definition) is 2. The molecule has 1 atom stereocenters. The minimum atomic E-state index is 0.144. The van der Waals surface area contributed by atoms with Crippen molar-refractivity contribution < 1.29 is 4.79 Å². The Morgan fingerprint density at radius 1 is 1.50 bits per heavy atom. The molecule has 0 bridgehead atoms. The molecule has 1 amide bonds.